The predicted octanol–water partition coefficient (Wildman–Crippen LogP) is 2.00. The summed E-state index contributed by atoms with van der Waals surface area (Å²) in [5.74, 6) is 0. The lowest BCUT2D eigenvalue weighted by atomic mass is 9.99. The molecule has 0 aromatic rings. The number of aliphatic imine (C=N–C) groups is 1. The summed E-state index contributed by atoms with van der Waals surface area (Å²) in [5, 5.41) is 0. The molecule has 0 aromatic carbocycles. The maximum atomic E-state index is 12.5. The van der Waals surface area contributed by atoms with E-state index in [0.717, 1.165) is 19.9 Å². The number of isocyanates is 1. The molecule has 0 saturated carbocycles. The second-order valence-corrected chi connectivity index (χ2v) is 2.76. The Morgan fingerprint density at radius 3 is 2.00 bits per heavy atom. The molecule has 0 radical (unpaired) electrons. The molecule has 1 unspecified atom stereocenters. The van der Waals surface area contributed by atoms with Crippen LogP contribution in [0.25, 0.3) is 0 Å². The smallest absolute Gasteiger partial charge is 0.235 e. The Balaban J connectivity index is 4.68. The standard InChI is InChI=1S/C6H7F4NO/c1-5(2,11-3-12)4(7)6(8,9)10/h4H,1-2H3. The van der Waals surface area contributed by atoms with Crippen molar-refractivity contribution in [3.8, 4) is 0 Å². The highest BCUT2D eigenvalue weighted by molar-refractivity contribution is 5.35. The van der Waals surface area contributed by atoms with Crippen LogP contribution in [0, 0.1) is 0 Å². The summed E-state index contributed by atoms with van der Waals surface area (Å²) in [6, 6.07) is 0. The minimum absolute atomic E-state index is 0.871. The van der Waals surface area contributed by atoms with Crippen molar-refractivity contribution in [3.63, 3.8) is 0 Å². The van der Waals surface area contributed by atoms with Gasteiger partial charge in [0.05, 0.1) is 0 Å². The lowest BCUT2D eigenvalue weighted by molar-refractivity contribution is -0.194. The van der Waals surface area contributed by atoms with Gasteiger partial charge in [-0.3, -0.25) is 0 Å². The third-order valence-electron chi connectivity index (χ3n) is 1.24. The molecule has 0 bridgehead atoms. The van der Waals surface area contributed by atoms with Crippen molar-refractivity contribution in [2.45, 2.75) is 31.7 Å². The van der Waals surface area contributed by atoms with Gasteiger partial charge in [-0.25, -0.2) is 9.18 Å². The summed E-state index contributed by atoms with van der Waals surface area (Å²) in [5.41, 5.74) is -2.10. The summed E-state index contributed by atoms with van der Waals surface area (Å²) in [7, 11) is 0. The van der Waals surface area contributed by atoms with E-state index in [0.29, 0.717) is 0 Å². The number of carbonyl (C=O) groups excluding carboxylic acids is 1. The lowest BCUT2D eigenvalue weighted by Gasteiger charge is -2.24. The van der Waals surface area contributed by atoms with Crippen molar-refractivity contribution in [2.75, 3.05) is 0 Å². The molecule has 0 saturated heterocycles. The van der Waals surface area contributed by atoms with Gasteiger partial charge in [0.25, 0.3) is 0 Å². The van der Waals surface area contributed by atoms with E-state index in [1.807, 2.05) is 0 Å². The molecule has 1 atom stereocenters. The molecule has 0 aromatic heterocycles. The first kappa shape index (κ1) is 11.1. The summed E-state index contributed by atoms with van der Waals surface area (Å²) in [6.45, 7) is 1.74. The third-order valence-corrected chi connectivity index (χ3v) is 1.24. The van der Waals surface area contributed by atoms with Gasteiger partial charge in [0.1, 0.15) is 5.54 Å². The van der Waals surface area contributed by atoms with Gasteiger partial charge in [-0.05, 0) is 13.8 Å². The molecule has 12 heavy (non-hydrogen) atoms. The van der Waals surface area contributed by atoms with E-state index in [2.05, 4.69) is 4.99 Å². The van der Waals surface area contributed by atoms with E-state index in [1.165, 1.54) is 0 Å². The van der Waals surface area contributed by atoms with E-state index < -0.39 is 17.9 Å². The van der Waals surface area contributed by atoms with Crippen molar-refractivity contribution >= 4 is 6.08 Å². The highest BCUT2D eigenvalue weighted by Crippen LogP contribution is 2.32. The minimum Gasteiger partial charge on any atom is -0.235 e. The molecule has 0 N–H and O–H groups in total. The number of rotatable bonds is 2. The largest absolute Gasteiger partial charge is 0.422 e. The van der Waals surface area contributed by atoms with Crippen molar-refractivity contribution in [1.29, 1.82) is 0 Å². The molecule has 6 heteroatoms. The summed E-state index contributed by atoms with van der Waals surface area (Å²) in [6.07, 6.45) is -7.25. The number of hydrogen-bond acceptors (Lipinski definition) is 2. The van der Waals surface area contributed by atoms with E-state index in [4.69, 9.17) is 0 Å². The Hall–Kier alpha value is -0.900. The van der Waals surface area contributed by atoms with Gasteiger partial charge in [-0.15, -0.1) is 0 Å². The fraction of sp³-hybridized carbons (Fsp3) is 0.833. The van der Waals surface area contributed by atoms with Gasteiger partial charge >= 0.3 is 6.18 Å². The number of nitrogens with zero attached hydrogens (tertiary/aromatic N) is 1. The van der Waals surface area contributed by atoms with Crippen LogP contribution in [0.5, 0.6) is 0 Å². The topological polar surface area (TPSA) is 29.4 Å². The fourth-order valence-electron chi connectivity index (χ4n) is 0.575. The Labute approximate surface area is 66.3 Å². The Morgan fingerprint density at radius 1 is 1.33 bits per heavy atom. The van der Waals surface area contributed by atoms with Crippen LogP contribution in [0.1, 0.15) is 13.8 Å². The van der Waals surface area contributed by atoms with E-state index >= 15 is 0 Å². The molecule has 70 valence electrons. The van der Waals surface area contributed by atoms with Crippen molar-refractivity contribution in [2.24, 2.45) is 4.99 Å². The molecule has 0 aliphatic rings. The molecule has 0 amide bonds. The minimum atomic E-state index is -5.00. The van der Waals surface area contributed by atoms with Crippen LogP contribution in [0.15, 0.2) is 4.99 Å². The zero-order chi connectivity index (χ0) is 9.99. The third kappa shape index (κ3) is 2.62. The van der Waals surface area contributed by atoms with Gasteiger partial charge < -0.3 is 0 Å². The van der Waals surface area contributed by atoms with Crippen LogP contribution in [-0.4, -0.2) is 24.0 Å². The Kier molecular flexibility index (Phi) is 2.98. The first-order valence-corrected chi connectivity index (χ1v) is 3.01. The lowest BCUT2D eigenvalue weighted by Crippen LogP contribution is -2.42. The normalized spacial score (nSPS) is 15.2. The summed E-state index contributed by atoms with van der Waals surface area (Å²) in [4.78, 5) is 12.3. The Morgan fingerprint density at radius 2 is 1.75 bits per heavy atom. The van der Waals surface area contributed by atoms with Crippen LogP contribution >= 0.6 is 0 Å². The molecule has 2 nitrogen and oxygen atoms in total. The number of hydrogen-bond donors (Lipinski definition) is 0. The van der Waals surface area contributed by atoms with E-state index in [9.17, 15) is 22.4 Å². The highest BCUT2D eigenvalue weighted by Gasteiger charge is 2.50. The molecule has 0 heterocycles. The number of halogens is 4. The van der Waals surface area contributed by atoms with Crippen LogP contribution < -0.4 is 0 Å². The van der Waals surface area contributed by atoms with Crippen LogP contribution in [0.3, 0.4) is 0 Å². The van der Waals surface area contributed by atoms with Crippen molar-refractivity contribution in [1.82, 2.24) is 0 Å². The molecular weight excluding hydrogens is 178 g/mol. The maximum Gasteiger partial charge on any atom is 0.422 e. The zero-order valence-electron chi connectivity index (χ0n) is 6.44. The average Bonchev–Trinajstić information content (AvgIpc) is 1.84. The summed E-state index contributed by atoms with van der Waals surface area (Å²) < 4.78 is 47.6. The molecular formula is C6H7F4NO. The van der Waals surface area contributed by atoms with Crippen molar-refractivity contribution in [3.05, 3.63) is 0 Å². The first-order chi connectivity index (χ1) is 5.22. The molecule has 0 aliphatic carbocycles. The van der Waals surface area contributed by atoms with Gasteiger partial charge in [-0.2, -0.15) is 18.2 Å². The molecule has 0 rings (SSSR count). The number of alkyl halides is 4. The average molecular weight is 185 g/mol. The van der Waals surface area contributed by atoms with Gasteiger partial charge in [0.2, 0.25) is 12.3 Å². The predicted molar refractivity (Wildman–Crippen MR) is 33.2 cm³/mol. The fourth-order valence-corrected chi connectivity index (χ4v) is 0.575. The second-order valence-electron chi connectivity index (χ2n) is 2.76. The van der Waals surface area contributed by atoms with Crippen molar-refractivity contribution < 1.29 is 22.4 Å². The van der Waals surface area contributed by atoms with Gasteiger partial charge in [0.15, 0.2) is 0 Å². The second kappa shape index (κ2) is 3.23. The summed E-state index contributed by atoms with van der Waals surface area (Å²) >= 11 is 0. The van der Waals surface area contributed by atoms with E-state index in [1.54, 1.807) is 0 Å². The maximum absolute atomic E-state index is 12.5. The SMILES string of the molecule is CC(C)(N=C=O)C(F)C(F)(F)F. The van der Waals surface area contributed by atoms with Gasteiger partial charge in [0, 0.05) is 0 Å². The highest BCUT2D eigenvalue weighted by atomic mass is 19.4. The van der Waals surface area contributed by atoms with Crippen LogP contribution in [-0.2, 0) is 4.79 Å². The van der Waals surface area contributed by atoms with Crippen LogP contribution in [0.4, 0.5) is 17.6 Å². The Bertz CT molecular complexity index is 204. The molecule has 0 spiro atoms. The van der Waals surface area contributed by atoms with Crippen LogP contribution in [0.2, 0.25) is 0 Å². The monoisotopic (exact) mass is 185 g/mol. The first-order valence-electron chi connectivity index (χ1n) is 3.01. The zero-order valence-corrected chi connectivity index (χ0v) is 6.44. The molecule has 0 aliphatic heterocycles. The van der Waals surface area contributed by atoms with E-state index in [-0.39, 0.29) is 0 Å². The molecule has 0 fully saturated rings. The quantitative estimate of drug-likeness (QED) is 0.367. The van der Waals surface area contributed by atoms with Gasteiger partial charge in [-0.1, -0.05) is 0 Å².